The van der Waals surface area contributed by atoms with E-state index in [1.165, 1.54) is 0 Å². The first-order valence-electron chi connectivity index (χ1n) is 7.37. The zero-order valence-electron chi connectivity index (χ0n) is 14.1. The molecule has 0 aliphatic rings. The van der Waals surface area contributed by atoms with Crippen LogP contribution in [-0.2, 0) is 0 Å². The third-order valence-electron chi connectivity index (χ3n) is 3.72. The van der Waals surface area contributed by atoms with E-state index in [-0.39, 0.29) is 11.0 Å². The number of carbonyl (C=O) groups is 1. The van der Waals surface area contributed by atoms with Gasteiger partial charge in [-0.2, -0.15) is 0 Å². The second kappa shape index (κ2) is 7.79. The van der Waals surface area contributed by atoms with Crippen molar-refractivity contribution in [1.29, 1.82) is 0 Å². The van der Waals surface area contributed by atoms with Crippen LogP contribution in [0.3, 0.4) is 0 Å². The summed E-state index contributed by atoms with van der Waals surface area (Å²) in [7, 11) is 3.13. The number of methoxy groups -OCH3 is 2. The van der Waals surface area contributed by atoms with Gasteiger partial charge in [0, 0.05) is 17.3 Å². The zero-order chi connectivity index (χ0) is 17.7. The molecule has 0 aliphatic heterocycles. The molecule has 24 heavy (non-hydrogen) atoms. The van der Waals surface area contributed by atoms with Crippen molar-refractivity contribution < 1.29 is 14.3 Å². The van der Waals surface area contributed by atoms with Crippen LogP contribution in [0.2, 0.25) is 0 Å². The largest absolute Gasteiger partial charge is 0.493 e. The van der Waals surface area contributed by atoms with E-state index in [0.717, 1.165) is 11.1 Å². The molecule has 126 valence electrons. The maximum atomic E-state index is 12.4. The van der Waals surface area contributed by atoms with E-state index in [1.807, 2.05) is 26.0 Å². The van der Waals surface area contributed by atoms with Crippen molar-refractivity contribution in [3.63, 3.8) is 0 Å². The Labute approximate surface area is 147 Å². The van der Waals surface area contributed by atoms with Crippen LogP contribution >= 0.6 is 12.2 Å². The highest BCUT2D eigenvalue weighted by atomic mass is 32.1. The van der Waals surface area contributed by atoms with Gasteiger partial charge in [-0.3, -0.25) is 10.1 Å². The van der Waals surface area contributed by atoms with Gasteiger partial charge in [0.15, 0.2) is 16.6 Å². The standard InChI is InChI=1S/C18H20N2O3S/c1-11-6-5-7-14(12(11)2)17(21)20-18(24)19-13-8-9-15(22-3)16(10-13)23-4/h5-10H,1-4H3,(H2,19,20,21,24). The van der Waals surface area contributed by atoms with Crippen LogP contribution < -0.4 is 20.1 Å². The van der Waals surface area contributed by atoms with Gasteiger partial charge in [-0.1, -0.05) is 12.1 Å². The summed E-state index contributed by atoms with van der Waals surface area (Å²) in [6.07, 6.45) is 0. The fraction of sp³-hybridized carbons (Fsp3) is 0.222. The molecule has 2 aromatic rings. The molecule has 0 heterocycles. The zero-order valence-corrected chi connectivity index (χ0v) is 14.9. The first kappa shape index (κ1) is 17.7. The highest BCUT2D eigenvalue weighted by Gasteiger charge is 2.12. The molecule has 6 heteroatoms. The number of rotatable bonds is 4. The molecule has 0 saturated heterocycles. The van der Waals surface area contributed by atoms with E-state index >= 15 is 0 Å². The Kier molecular flexibility index (Phi) is 5.76. The molecule has 0 unspecified atom stereocenters. The summed E-state index contributed by atoms with van der Waals surface area (Å²) in [6, 6.07) is 10.9. The molecule has 0 radical (unpaired) electrons. The summed E-state index contributed by atoms with van der Waals surface area (Å²) < 4.78 is 10.4. The monoisotopic (exact) mass is 344 g/mol. The van der Waals surface area contributed by atoms with Crippen molar-refractivity contribution in [1.82, 2.24) is 5.32 Å². The van der Waals surface area contributed by atoms with E-state index in [4.69, 9.17) is 21.7 Å². The Bertz CT molecular complexity index is 775. The predicted octanol–water partition coefficient (Wildman–Crippen LogP) is 3.45. The maximum absolute atomic E-state index is 12.4. The van der Waals surface area contributed by atoms with Gasteiger partial charge in [0.1, 0.15) is 0 Å². The summed E-state index contributed by atoms with van der Waals surface area (Å²) in [5.41, 5.74) is 3.29. The molecule has 2 N–H and O–H groups in total. The van der Waals surface area contributed by atoms with E-state index in [2.05, 4.69) is 10.6 Å². The van der Waals surface area contributed by atoms with Gasteiger partial charge in [0.05, 0.1) is 14.2 Å². The van der Waals surface area contributed by atoms with E-state index < -0.39 is 0 Å². The molecule has 0 saturated carbocycles. The molecule has 0 spiro atoms. The molecule has 2 rings (SSSR count). The second-order valence-electron chi connectivity index (χ2n) is 5.23. The van der Waals surface area contributed by atoms with Gasteiger partial charge >= 0.3 is 0 Å². The summed E-state index contributed by atoms with van der Waals surface area (Å²) in [5, 5.41) is 5.87. The second-order valence-corrected chi connectivity index (χ2v) is 5.63. The average molecular weight is 344 g/mol. The number of anilines is 1. The minimum atomic E-state index is -0.242. The number of hydrogen-bond acceptors (Lipinski definition) is 4. The minimum absolute atomic E-state index is 0.216. The molecule has 1 amide bonds. The normalized spacial score (nSPS) is 10.0. The molecule has 2 aromatic carbocycles. The number of ether oxygens (including phenoxy) is 2. The summed E-state index contributed by atoms with van der Waals surface area (Å²) >= 11 is 5.21. The number of nitrogens with one attached hydrogen (secondary N) is 2. The lowest BCUT2D eigenvalue weighted by Gasteiger charge is -2.13. The van der Waals surface area contributed by atoms with Gasteiger partial charge < -0.3 is 14.8 Å². The first-order chi connectivity index (χ1) is 11.5. The van der Waals surface area contributed by atoms with Crippen LogP contribution in [0.1, 0.15) is 21.5 Å². The van der Waals surface area contributed by atoms with Crippen molar-refractivity contribution in [3.05, 3.63) is 53.1 Å². The van der Waals surface area contributed by atoms with Crippen molar-refractivity contribution >= 4 is 28.9 Å². The third kappa shape index (κ3) is 4.02. The summed E-state index contributed by atoms with van der Waals surface area (Å²) in [5.74, 6) is 0.953. The highest BCUT2D eigenvalue weighted by molar-refractivity contribution is 7.80. The molecule has 5 nitrogen and oxygen atoms in total. The van der Waals surface area contributed by atoms with Crippen molar-refractivity contribution in [2.45, 2.75) is 13.8 Å². The number of carbonyl (C=O) groups excluding carboxylic acids is 1. The van der Waals surface area contributed by atoms with Crippen LogP contribution in [0, 0.1) is 13.8 Å². The summed E-state index contributed by atoms with van der Waals surface area (Å²) in [4.78, 5) is 12.4. The van der Waals surface area contributed by atoms with Crippen LogP contribution in [0.25, 0.3) is 0 Å². The molecule has 0 aliphatic carbocycles. The van der Waals surface area contributed by atoms with Gasteiger partial charge in [-0.05, 0) is 55.4 Å². The molecule has 0 fully saturated rings. The Balaban J connectivity index is 2.08. The summed E-state index contributed by atoms with van der Waals surface area (Å²) in [6.45, 7) is 3.88. The Hall–Kier alpha value is -2.60. The fourth-order valence-corrected chi connectivity index (χ4v) is 2.45. The number of benzene rings is 2. The molecular weight excluding hydrogens is 324 g/mol. The first-order valence-corrected chi connectivity index (χ1v) is 7.77. The number of amides is 1. The van der Waals surface area contributed by atoms with Crippen LogP contribution in [-0.4, -0.2) is 25.2 Å². The maximum Gasteiger partial charge on any atom is 0.257 e. The lowest BCUT2D eigenvalue weighted by molar-refractivity contribution is 0.0977. The topological polar surface area (TPSA) is 59.6 Å². The van der Waals surface area contributed by atoms with E-state index in [0.29, 0.717) is 22.7 Å². The van der Waals surface area contributed by atoms with Crippen LogP contribution in [0.15, 0.2) is 36.4 Å². The molecule has 0 bridgehead atoms. The highest BCUT2D eigenvalue weighted by Crippen LogP contribution is 2.29. The molecular formula is C18H20N2O3S. The quantitative estimate of drug-likeness (QED) is 0.832. The molecule has 0 aromatic heterocycles. The smallest absolute Gasteiger partial charge is 0.257 e. The van der Waals surface area contributed by atoms with Gasteiger partial charge in [0.2, 0.25) is 0 Å². The Morgan fingerprint density at radius 3 is 2.42 bits per heavy atom. The van der Waals surface area contributed by atoms with Crippen molar-refractivity contribution in [2.24, 2.45) is 0 Å². The van der Waals surface area contributed by atoms with Crippen molar-refractivity contribution in [2.75, 3.05) is 19.5 Å². The number of hydrogen-bond donors (Lipinski definition) is 2. The Morgan fingerprint density at radius 2 is 1.75 bits per heavy atom. The number of aryl methyl sites for hydroxylation is 1. The Morgan fingerprint density at radius 1 is 1.04 bits per heavy atom. The van der Waals surface area contributed by atoms with Gasteiger partial charge in [0.25, 0.3) is 5.91 Å². The third-order valence-corrected chi connectivity index (χ3v) is 3.92. The fourth-order valence-electron chi connectivity index (χ4n) is 2.24. The predicted molar refractivity (Wildman–Crippen MR) is 99.1 cm³/mol. The van der Waals surface area contributed by atoms with E-state index in [9.17, 15) is 4.79 Å². The van der Waals surface area contributed by atoms with Crippen molar-refractivity contribution in [3.8, 4) is 11.5 Å². The SMILES string of the molecule is COc1ccc(NC(=S)NC(=O)c2cccc(C)c2C)cc1OC. The molecule has 0 atom stereocenters. The lowest BCUT2D eigenvalue weighted by atomic mass is 10.0. The lowest BCUT2D eigenvalue weighted by Crippen LogP contribution is -2.34. The van der Waals surface area contributed by atoms with Crippen LogP contribution in [0.4, 0.5) is 5.69 Å². The van der Waals surface area contributed by atoms with Gasteiger partial charge in [-0.15, -0.1) is 0 Å². The van der Waals surface area contributed by atoms with Gasteiger partial charge in [-0.25, -0.2) is 0 Å². The number of thiocarbonyl (C=S) groups is 1. The van der Waals surface area contributed by atoms with E-state index in [1.54, 1.807) is 38.5 Å². The average Bonchev–Trinajstić information content (AvgIpc) is 2.56. The van der Waals surface area contributed by atoms with Crippen LogP contribution in [0.5, 0.6) is 11.5 Å². The minimum Gasteiger partial charge on any atom is -0.493 e.